The number of hydrogen-bond donors (Lipinski definition) is 3. The highest BCUT2D eigenvalue weighted by atomic mass is 79.9. The van der Waals surface area contributed by atoms with Crippen LogP contribution < -0.4 is 16.2 Å². The zero-order valence-electron chi connectivity index (χ0n) is 15.9. The molecule has 2 aromatic rings. The Morgan fingerprint density at radius 2 is 1.54 bits per heavy atom. The highest BCUT2D eigenvalue weighted by Crippen LogP contribution is 2.27. The van der Waals surface area contributed by atoms with E-state index in [1.165, 1.54) is 18.4 Å². The standard InChI is InChI=1S/C22H27Br2N3O/c1-15(25)17-10-11-21(20(24)13-17)28-12-6-4-2-3-5-7-16-8-9-18(22(26)27)14-19(16)23/h8-11,13-14H,1-7,12,25H2,(H3,26,27). The van der Waals surface area contributed by atoms with Gasteiger partial charge in [0.2, 0.25) is 0 Å². The van der Waals surface area contributed by atoms with Crippen LogP contribution in [0.2, 0.25) is 0 Å². The molecule has 0 amide bonds. The first-order valence-electron chi connectivity index (χ1n) is 9.38. The predicted molar refractivity (Wildman–Crippen MR) is 125 cm³/mol. The number of ether oxygens (including phenoxy) is 1. The van der Waals surface area contributed by atoms with Crippen molar-refractivity contribution in [1.82, 2.24) is 0 Å². The van der Waals surface area contributed by atoms with Gasteiger partial charge in [-0.05, 0) is 70.6 Å². The van der Waals surface area contributed by atoms with Gasteiger partial charge in [0, 0.05) is 15.7 Å². The molecule has 0 radical (unpaired) electrons. The molecular formula is C22H27Br2N3O. The van der Waals surface area contributed by atoms with Gasteiger partial charge >= 0.3 is 0 Å². The highest BCUT2D eigenvalue weighted by Gasteiger charge is 2.05. The Balaban J connectivity index is 1.61. The number of nitrogens with two attached hydrogens (primary N) is 2. The molecule has 0 unspecified atom stereocenters. The monoisotopic (exact) mass is 507 g/mol. The van der Waals surface area contributed by atoms with Crippen molar-refractivity contribution < 1.29 is 4.74 Å². The Bertz CT molecular complexity index is 767. The van der Waals surface area contributed by atoms with Gasteiger partial charge in [0.25, 0.3) is 0 Å². The minimum atomic E-state index is 0.0993. The van der Waals surface area contributed by atoms with Crippen molar-refractivity contribution in [3.05, 3.63) is 68.6 Å². The number of nitrogen functional groups attached to an aromatic ring is 1. The smallest absolute Gasteiger partial charge is 0.133 e. The van der Waals surface area contributed by atoms with Gasteiger partial charge in [0.05, 0.1) is 11.1 Å². The number of hydrogen-bond acceptors (Lipinski definition) is 3. The summed E-state index contributed by atoms with van der Waals surface area (Å²) in [5.74, 6) is 0.936. The summed E-state index contributed by atoms with van der Waals surface area (Å²) >= 11 is 7.09. The number of benzene rings is 2. The summed E-state index contributed by atoms with van der Waals surface area (Å²) in [6.07, 6.45) is 6.75. The van der Waals surface area contributed by atoms with E-state index < -0.39 is 0 Å². The van der Waals surface area contributed by atoms with E-state index in [1.54, 1.807) is 0 Å². The van der Waals surface area contributed by atoms with Crippen LogP contribution in [0.25, 0.3) is 5.70 Å². The fourth-order valence-corrected chi connectivity index (χ4v) is 3.94. The number of nitrogens with one attached hydrogen (secondary N) is 1. The summed E-state index contributed by atoms with van der Waals surface area (Å²) in [5.41, 5.74) is 14.7. The molecule has 150 valence electrons. The Labute approximate surface area is 184 Å². The zero-order chi connectivity index (χ0) is 20.5. The number of halogens is 2. The molecule has 4 nitrogen and oxygen atoms in total. The molecule has 0 saturated carbocycles. The lowest BCUT2D eigenvalue weighted by Crippen LogP contribution is -2.11. The largest absolute Gasteiger partial charge is 0.492 e. The summed E-state index contributed by atoms with van der Waals surface area (Å²) in [5, 5.41) is 7.48. The van der Waals surface area contributed by atoms with Crippen LogP contribution in [0.5, 0.6) is 5.75 Å². The van der Waals surface area contributed by atoms with Crippen LogP contribution >= 0.6 is 31.9 Å². The van der Waals surface area contributed by atoms with Crippen molar-refractivity contribution in [2.75, 3.05) is 6.61 Å². The van der Waals surface area contributed by atoms with E-state index in [0.717, 1.165) is 51.5 Å². The molecule has 0 aliphatic rings. The Hall–Kier alpha value is -1.79. The summed E-state index contributed by atoms with van der Waals surface area (Å²) < 4.78 is 7.77. The van der Waals surface area contributed by atoms with Crippen molar-refractivity contribution in [2.45, 2.75) is 38.5 Å². The highest BCUT2D eigenvalue weighted by molar-refractivity contribution is 9.10. The quantitative estimate of drug-likeness (QED) is 0.198. The first-order valence-corrected chi connectivity index (χ1v) is 11.0. The molecule has 0 spiro atoms. The van der Waals surface area contributed by atoms with Gasteiger partial charge in [-0.1, -0.05) is 53.9 Å². The van der Waals surface area contributed by atoms with E-state index in [2.05, 4.69) is 44.5 Å². The van der Waals surface area contributed by atoms with Crippen LogP contribution in [0.3, 0.4) is 0 Å². The number of amidine groups is 1. The first-order chi connectivity index (χ1) is 13.4. The van der Waals surface area contributed by atoms with Gasteiger partial charge in [-0.3, -0.25) is 5.41 Å². The van der Waals surface area contributed by atoms with E-state index in [4.69, 9.17) is 21.6 Å². The van der Waals surface area contributed by atoms with Gasteiger partial charge in [0.1, 0.15) is 11.6 Å². The number of aryl methyl sites for hydroxylation is 1. The third-order valence-corrected chi connectivity index (χ3v) is 5.87. The third kappa shape index (κ3) is 6.99. The van der Waals surface area contributed by atoms with Crippen molar-refractivity contribution >= 4 is 43.4 Å². The second-order valence-electron chi connectivity index (χ2n) is 6.76. The minimum absolute atomic E-state index is 0.0993. The van der Waals surface area contributed by atoms with E-state index in [9.17, 15) is 0 Å². The normalized spacial score (nSPS) is 10.6. The topological polar surface area (TPSA) is 85.1 Å². The zero-order valence-corrected chi connectivity index (χ0v) is 19.1. The van der Waals surface area contributed by atoms with Crippen LogP contribution in [0.4, 0.5) is 0 Å². The van der Waals surface area contributed by atoms with E-state index in [0.29, 0.717) is 12.3 Å². The second kappa shape index (κ2) is 11.3. The van der Waals surface area contributed by atoms with E-state index in [-0.39, 0.29) is 5.84 Å². The number of rotatable bonds is 11. The van der Waals surface area contributed by atoms with Crippen LogP contribution in [0.1, 0.15) is 48.8 Å². The molecule has 0 aliphatic heterocycles. The lowest BCUT2D eigenvalue weighted by atomic mass is 10.0. The first kappa shape index (κ1) is 22.5. The minimum Gasteiger partial charge on any atom is -0.492 e. The molecule has 0 atom stereocenters. The molecule has 0 fully saturated rings. The summed E-state index contributed by atoms with van der Waals surface area (Å²) in [6, 6.07) is 11.7. The van der Waals surface area contributed by atoms with Crippen LogP contribution in [0.15, 0.2) is 51.9 Å². The molecule has 5 N–H and O–H groups in total. The molecule has 0 bridgehead atoms. The van der Waals surface area contributed by atoms with Crippen LogP contribution in [0, 0.1) is 5.41 Å². The van der Waals surface area contributed by atoms with E-state index >= 15 is 0 Å². The van der Waals surface area contributed by atoms with Gasteiger partial charge in [-0.2, -0.15) is 0 Å². The maximum atomic E-state index is 7.48. The van der Waals surface area contributed by atoms with Gasteiger partial charge in [0.15, 0.2) is 0 Å². The molecule has 6 heteroatoms. The summed E-state index contributed by atoms with van der Waals surface area (Å²) in [6.45, 7) is 4.45. The van der Waals surface area contributed by atoms with Crippen molar-refractivity contribution in [1.29, 1.82) is 5.41 Å². The summed E-state index contributed by atoms with van der Waals surface area (Å²) in [7, 11) is 0. The third-order valence-electron chi connectivity index (χ3n) is 4.51. The average Bonchev–Trinajstić information content (AvgIpc) is 2.65. The maximum absolute atomic E-state index is 7.48. The molecule has 2 aromatic carbocycles. The second-order valence-corrected chi connectivity index (χ2v) is 8.47. The fraction of sp³-hybridized carbons (Fsp3) is 0.318. The van der Waals surface area contributed by atoms with Crippen LogP contribution in [-0.2, 0) is 6.42 Å². The SMILES string of the molecule is C=C(N)c1ccc(OCCCCCCCc2ccc(C(=N)N)cc2Br)c(Br)c1. The molecule has 0 saturated heterocycles. The van der Waals surface area contributed by atoms with Gasteiger partial charge < -0.3 is 16.2 Å². The fourth-order valence-electron chi connectivity index (χ4n) is 2.87. The Kier molecular flexibility index (Phi) is 9.06. The number of unbranched alkanes of at least 4 members (excludes halogenated alkanes) is 4. The summed E-state index contributed by atoms with van der Waals surface area (Å²) in [4.78, 5) is 0. The van der Waals surface area contributed by atoms with Crippen molar-refractivity contribution in [2.24, 2.45) is 11.5 Å². The lowest BCUT2D eigenvalue weighted by molar-refractivity contribution is 0.302. The van der Waals surface area contributed by atoms with Crippen molar-refractivity contribution in [3.63, 3.8) is 0 Å². The molecular weight excluding hydrogens is 482 g/mol. The maximum Gasteiger partial charge on any atom is 0.133 e. The molecule has 2 rings (SSSR count). The average molecular weight is 509 g/mol. The van der Waals surface area contributed by atoms with Gasteiger partial charge in [-0.25, -0.2) is 0 Å². The molecule has 0 aliphatic carbocycles. The molecule has 0 aromatic heterocycles. The lowest BCUT2D eigenvalue weighted by Gasteiger charge is -2.10. The molecule has 0 heterocycles. The van der Waals surface area contributed by atoms with Crippen LogP contribution in [-0.4, -0.2) is 12.4 Å². The van der Waals surface area contributed by atoms with Gasteiger partial charge in [-0.15, -0.1) is 0 Å². The van der Waals surface area contributed by atoms with Crippen molar-refractivity contribution in [3.8, 4) is 5.75 Å². The van der Waals surface area contributed by atoms with E-state index in [1.807, 2.05) is 30.3 Å². The Morgan fingerprint density at radius 1 is 0.893 bits per heavy atom. The Morgan fingerprint density at radius 3 is 2.18 bits per heavy atom. The predicted octanol–water partition coefficient (Wildman–Crippen LogP) is 6.00. The molecule has 28 heavy (non-hydrogen) atoms.